The monoisotopic (exact) mass is 357 g/mol. The fourth-order valence-corrected chi connectivity index (χ4v) is 2.31. The maximum atomic E-state index is 12.7. The predicted molar refractivity (Wildman–Crippen MR) is 88.1 cm³/mol. The molecule has 0 unspecified atom stereocenters. The van der Waals surface area contributed by atoms with Crippen LogP contribution in [0.25, 0.3) is 16.7 Å². The number of carbonyl (C=O) groups is 2. The number of aromatic carboxylic acids is 1. The van der Waals surface area contributed by atoms with Gasteiger partial charge in [0.05, 0.1) is 23.7 Å². The van der Waals surface area contributed by atoms with E-state index in [0.717, 1.165) is 11.7 Å². The van der Waals surface area contributed by atoms with Gasteiger partial charge in [0, 0.05) is 0 Å². The maximum Gasteiger partial charge on any atom is 0.513 e. The third-order valence-electron chi connectivity index (χ3n) is 3.52. The van der Waals surface area contributed by atoms with E-state index in [1.807, 2.05) is 0 Å². The minimum absolute atomic E-state index is 0.000685. The summed E-state index contributed by atoms with van der Waals surface area (Å²) in [5.41, 5.74) is -0.781. The molecule has 0 aliphatic heterocycles. The number of carbonyl (C=O) groups excluding carboxylic acids is 1. The zero-order chi connectivity index (χ0) is 18.8. The van der Waals surface area contributed by atoms with Crippen LogP contribution < -0.4 is 16.1 Å². The second-order valence-electron chi connectivity index (χ2n) is 5.05. The van der Waals surface area contributed by atoms with E-state index in [-0.39, 0.29) is 28.0 Å². The Labute approximate surface area is 144 Å². The van der Waals surface area contributed by atoms with Crippen molar-refractivity contribution >= 4 is 23.1 Å². The van der Waals surface area contributed by atoms with Gasteiger partial charge >= 0.3 is 17.9 Å². The van der Waals surface area contributed by atoms with Crippen LogP contribution in [0.3, 0.4) is 0 Å². The number of rotatable bonds is 3. The number of hydrogen-bond donors (Lipinski definition) is 1. The molecular formula is C17H11NO8. The largest absolute Gasteiger partial charge is 0.513 e. The molecule has 1 N–H and O–H groups in total. The molecule has 9 heteroatoms. The number of aromatic nitrogens is 1. The summed E-state index contributed by atoms with van der Waals surface area (Å²) in [5.74, 6) is -2.30. The van der Waals surface area contributed by atoms with E-state index in [1.54, 1.807) is 0 Å². The van der Waals surface area contributed by atoms with Crippen LogP contribution in [0.1, 0.15) is 10.4 Å². The lowest BCUT2D eigenvalue weighted by molar-refractivity contribution is 0.0696. The fraction of sp³-hybridized carbons (Fsp3) is 0.0588. The van der Waals surface area contributed by atoms with E-state index in [0.29, 0.717) is 0 Å². The summed E-state index contributed by atoms with van der Waals surface area (Å²) in [6.07, 6.45) is -1.03. The van der Waals surface area contributed by atoms with E-state index >= 15 is 0 Å². The van der Waals surface area contributed by atoms with Gasteiger partial charge in [0.25, 0.3) is 5.56 Å². The Hall–Kier alpha value is -3.88. The number of hydrogen-bond acceptors (Lipinski definition) is 7. The summed E-state index contributed by atoms with van der Waals surface area (Å²) in [4.78, 5) is 47.2. The molecule has 2 aromatic carbocycles. The molecular weight excluding hydrogens is 346 g/mol. The van der Waals surface area contributed by atoms with E-state index in [1.165, 1.54) is 42.5 Å². The highest BCUT2D eigenvalue weighted by Gasteiger charge is 2.17. The number of nitrogens with zero attached hydrogens (tertiary/aromatic N) is 1. The standard InChI is InChI=1S/C17H11NO8/c1-24-17(23)25-12-4-2-3-11-13(12)26-16(22)18(14(11)19)10-7-5-9(6-8-10)15(20)21/h2-8H,1H3,(H,20,21). The Balaban J connectivity index is 2.20. The number of benzene rings is 2. The van der Waals surface area contributed by atoms with Crippen LogP contribution >= 0.6 is 0 Å². The first kappa shape index (κ1) is 17.0. The van der Waals surface area contributed by atoms with Crippen molar-refractivity contribution in [1.29, 1.82) is 0 Å². The topological polar surface area (TPSA) is 125 Å². The first-order chi connectivity index (χ1) is 12.4. The van der Waals surface area contributed by atoms with Crippen LogP contribution in [0.5, 0.6) is 5.75 Å². The number of methoxy groups -OCH3 is 1. The Morgan fingerprint density at radius 3 is 2.38 bits per heavy atom. The molecule has 0 atom stereocenters. The summed E-state index contributed by atoms with van der Waals surface area (Å²) < 4.78 is 15.1. The highest BCUT2D eigenvalue weighted by molar-refractivity contribution is 5.88. The smallest absolute Gasteiger partial charge is 0.478 e. The summed E-state index contributed by atoms with van der Waals surface area (Å²) in [6, 6.07) is 9.31. The minimum atomic E-state index is -1.14. The lowest BCUT2D eigenvalue weighted by Gasteiger charge is -2.08. The molecule has 0 saturated heterocycles. The lowest BCUT2D eigenvalue weighted by atomic mass is 10.2. The Kier molecular flexibility index (Phi) is 4.27. The highest BCUT2D eigenvalue weighted by atomic mass is 16.7. The van der Waals surface area contributed by atoms with Crippen molar-refractivity contribution in [2.24, 2.45) is 0 Å². The Morgan fingerprint density at radius 2 is 1.77 bits per heavy atom. The first-order valence-electron chi connectivity index (χ1n) is 7.21. The molecule has 3 aromatic rings. The van der Waals surface area contributed by atoms with Crippen LogP contribution in [0.2, 0.25) is 0 Å². The van der Waals surface area contributed by atoms with Crippen molar-refractivity contribution in [2.45, 2.75) is 0 Å². The fourth-order valence-electron chi connectivity index (χ4n) is 2.31. The summed E-state index contributed by atoms with van der Waals surface area (Å²) in [7, 11) is 1.11. The van der Waals surface area contributed by atoms with Crippen molar-refractivity contribution < 1.29 is 28.6 Å². The van der Waals surface area contributed by atoms with Crippen LogP contribution in [0.4, 0.5) is 4.79 Å². The number of ether oxygens (including phenoxy) is 2. The molecule has 0 saturated carbocycles. The zero-order valence-corrected chi connectivity index (χ0v) is 13.3. The molecule has 0 bridgehead atoms. The summed E-state index contributed by atoms with van der Waals surface area (Å²) in [5, 5.41) is 8.91. The Bertz CT molecular complexity index is 1120. The zero-order valence-electron chi connectivity index (χ0n) is 13.3. The molecule has 0 aliphatic carbocycles. The number of carboxylic acid groups (broad SMARTS) is 1. The SMILES string of the molecule is COC(=O)Oc1cccc2c(=O)n(-c3ccc(C(=O)O)cc3)c(=O)oc12. The van der Waals surface area contributed by atoms with Crippen molar-refractivity contribution in [3.63, 3.8) is 0 Å². The van der Waals surface area contributed by atoms with E-state index < -0.39 is 23.4 Å². The number of para-hydroxylation sites is 1. The second-order valence-corrected chi connectivity index (χ2v) is 5.05. The molecule has 0 spiro atoms. The maximum absolute atomic E-state index is 12.7. The first-order valence-corrected chi connectivity index (χ1v) is 7.21. The molecule has 1 aromatic heterocycles. The molecule has 3 rings (SSSR count). The van der Waals surface area contributed by atoms with Gasteiger partial charge in [-0.15, -0.1) is 0 Å². The lowest BCUT2D eigenvalue weighted by Crippen LogP contribution is -2.31. The molecule has 0 aliphatic rings. The molecule has 132 valence electrons. The van der Waals surface area contributed by atoms with Gasteiger partial charge in [-0.2, -0.15) is 0 Å². The van der Waals surface area contributed by atoms with Gasteiger partial charge in [-0.3, -0.25) is 4.79 Å². The average Bonchev–Trinajstić information content (AvgIpc) is 2.62. The van der Waals surface area contributed by atoms with Crippen molar-refractivity contribution in [3.05, 3.63) is 68.9 Å². The molecule has 9 nitrogen and oxygen atoms in total. The van der Waals surface area contributed by atoms with Gasteiger partial charge in [0.2, 0.25) is 0 Å². The summed E-state index contributed by atoms with van der Waals surface area (Å²) in [6.45, 7) is 0. The molecule has 1 heterocycles. The van der Waals surface area contributed by atoms with Crippen molar-refractivity contribution in [2.75, 3.05) is 7.11 Å². The van der Waals surface area contributed by atoms with Crippen LogP contribution in [0.15, 0.2) is 56.5 Å². The third kappa shape index (κ3) is 2.93. The van der Waals surface area contributed by atoms with E-state index in [2.05, 4.69) is 4.74 Å². The van der Waals surface area contributed by atoms with Gasteiger partial charge < -0.3 is 19.0 Å². The van der Waals surface area contributed by atoms with Crippen LogP contribution in [-0.4, -0.2) is 28.9 Å². The normalized spacial score (nSPS) is 10.5. The summed E-state index contributed by atoms with van der Waals surface area (Å²) >= 11 is 0. The van der Waals surface area contributed by atoms with E-state index in [4.69, 9.17) is 14.3 Å². The van der Waals surface area contributed by atoms with Gasteiger partial charge in [-0.05, 0) is 36.4 Å². The molecule has 0 radical (unpaired) electrons. The van der Waals surface area contributed by atoms with Crippen molar-refractivity contribution in [1.82, 2.24) is 4.57 Å². The van der Waals surface area contributed by atoms with Crippen molar-refractivity contribution in [3.8, 4) is 11.4 Å². The molecule has 0 fully saturated rings. The highest BCUT2D eigenvalue weighted by Crippen LogP contribution is 2.23. The van der Waals surface area contributed by atoms with E-state index in [9.17, 15) is 19.2 Å². The quantitative estimate of drug-likeness (QED) is 0.555. The van der Waals surface area contributed by atoms with Gasteiger partial charge in [-0.1, -0.05) is 6.07 Å². The van der Waals surface area contributed by atoms with Gasteiger partial charge in [-0.25, -0.2) is 19.0 Å². The van der Waals surface area contributed by atoms with Gasteiger partial charge in [0.15, 0.2) is 11.3 Å². The van der Waals surface area contributed by atoms with Crippen LogP contribution in [-0.2, 0) is 4.74 Å². The second kappa shape index (κ2) is 6.55. The Morgan fingerprint density at radius 1 is 1.08 bits per heavy atom. The van der Waals surface area contributed by atoms with Gasteiger partial charge in [0.1, 0.15) is 0 Å². The molecule has 0 amide bonds. The number of carboxylic acids is 1. The number of fused-ring (bicyclic) bond motifs is 1. The third-order valence-corrected chi connectivity index (χ3v) is 3.52. The minimum Gasteiger partial charge on any atom is -0.478 e. The van der Waals surface area contributed by atoms with Crippen LogP contribution in [0, 0.1) is 0 Å². The predicted octanol–water partition coefficient (Wildman–Crippen LogP) is 1.79. The molecule has 26 heavy (non-hydrogen) atoms. The average molecular weight is 357 g/mol.